The third-order valence-electron chi connectivity index (χ3n) is 3.76. The van der Waals surface area contributed by atoms with Crippen LogP contribution in [0.5, 0.6) is 0 Å². The molecule has 102 valence electrons. The molecule has 0 spiro atoms. The molecule has 2 heterocycles. The number of hydrogen-bond acceptors (Lipinski definition) is 3. The predicted molar refractivity (Wildman–Crippen MR) is 72.3 cm³/mol. The number of unbranched alkanes of at least 4 members (excludes halogenated alkanes) is 1. The van der Waals surface area contributed by atoms with Crippen LogP contribution in [-0.2, 0) is 18.3 Å². The van der Waals surface area contributed by atoms with E-state index in [1.54, 1.807) is 0 Å². The van der Waals surface area contributed by atoms with Crippen LogP contribution >= 0.6 is 0 Å². The summed E-state index contributed by atoms with van der Waals surface area (Å²) in [4.78, 5) is 4.29. The molecule has 0 unspecified atom stereocenters. The Kier molecular flexibility index (Phi) is 5.68. The Morgan fingerprint density at radius 2 is 2.22 bits per heavy atom. The van der Waals surface area contributed by atoms with E-state index in [0.717, 1.165) is 38.0 Å². The number of aryl methyl sites for hydroxylation is 1. The minimum Gasteiger partial charge on any atom is -0.381 e. The van der Waals surface area contributed by atoms with Gasteiger partial charge >= 0.3 is 0 Å². The second-order valence-electron chi connectivity index (χ2n) is 5.18. The summed E-state index contributed by atoms with van der Waals surface area (Å²) in [5, 5.41) is 3.46. The van der Waals surface area contributed by atoms with Gasteiger partial charge in [0.1, 0.15) is 5.82 Å². The van der Waals surface area contributed by atoms with Crippen LogP contribution in [0.4, 0.5) is 0 Å². The quantitative estimate of drug-likeness (QED) is 0.754. The first kappa shape index (κ1) is 13.6. The average molecular weight is 251 g/mol. The highest BCUT2D eigenvalue weighted by molar-refractivity contribution is 4.90. The molecular weight excluding hydrogens is 226 g/mol. The van der Waals surface area contributed by atoms with Crippen molar-refractivity contribution in [1.29, 1.82) is 0 Å². The normalized spacial score (nSPS) is 17.2. The van der Waals surface area contributed by atoms with Gasteiger partial charge in [-0.3, -0.25) is 0 Å². The van der Waals surface area contributed by atoms with Crippen molar-refractivity contribution in [2.45, 2.75) is 38.6 Å². The number of hydrogen-bond donors (Lipinski definition) is 1. The lowest BCUT2D eigenvalue weighted by Gasteiger charge is -2.21. The number of aromatic nitrogens is 2. The van der Waals surface area contributed by atoms with Crippen molar-refractivity contribution >= 4 is 0 Å². The van der Waals surface area contributed by atoms with Crippen molar-refractivity contribution in [3.63, 3.8) is 0 Å². The van der Waals surface area contributed by atoms with Gasteiger partial charge in [0.05, 0.1) is 6.54 Å². The molecule has 1 aromatic heterocycles. The average Bonchev–Trinajstić information content (AvgIpc) is 2.81. The minimum absolute atomic E-state index is 0.876. The maximum atomic E-state index is 5.38. The lowest BCUT2D eigenvalue weighted by molar-refractivity contribution is 0.0631. The summed E-state index contributed by atoms with van der Waals surface area (Å²) in [7, 11) is 2.04. The molecule has 0 aliphatic carbocycles. The Hall–Kier alpha value is -0.870. The Labute approximate surface area is 110 Å². The SMILES string of the molecule is Cn1ccnc1CNCCCCC1CCOCC1. The van der Waals surface area contributed by atoms with Crippen molar-refractivity contribution in [2.75, 3.05) is 19.8 Å². The van der Waals surface area contributed by atoms with Gasteiger partial charge in [-0.25, -0.2) is 4.98 Å². The molecule has 1 aliphatic heterocycles. The number of imidazole rings is 1. The van der Waals surface area contributed by atoms with Gasteiger partial charge < -0.3 is 14.6 Å². The van der Waals surface area contributed by atoms with Gasteiger partial charge in [0, 0.05) is 32.7 Å². The maximum absolute atomic E-state index is 5.38. The number of nitrogens with zero attached hydrogens (tertiary/aromatic N) is 2. The van der Waals surface area contributed by atoms with Crippen molar-refractivity contribution in [1.82, 2.24) is 14.9 Å². The first-order valence-electron chi connectivity index (χ1n) is 7.11. The third-order valence-corrected chi connectivity index (χ3v) is 3.76. The molecule has 4 nitrogen and oxygen atoms in total. The molecule has 2 rings (SSSR count). The van der Waals surface area contributed by atoms with Crippen LogP contribution < -0.4 is 5.32 Å². The van der Waals surface area contributed by atoms with Crippen LogP contribution in [0.25, 0.3) is 0 Å². The van der Waals surface area contributed by atoms with E-state index in [1.807, 2.05) is 19.4 Å². The van der Waals surface area contributed by atoms with Crippen molar-refractivity contribution in [2.24, 2.45) is 13.0 Å². The standard InChI is InChI=1S/C14H25N3O/c1-17-9-8-16-14(17)12-15-7-3-2-4-13-5-10-18-11-6-13/h8-9,13,15H,2-7,10-12H2,1H3. The van der Waals surface area contributed by atoms with Crippen molar-refractivity contribution < 1.29 is 4.74 Å². The summed E-state index contributed by atoms with van der Waals surface area (Å²) < 4.78 is 7.44. The summed E-state index contributed by atoms with van der Waals surface area (Å²) in [6.07, 6.45) is 10.3. The fourth-order valence-electron chi connectivity index (χ4n) is 2.49. The van der Waals surface area contributed by atoms with E-state index in [0.29, 0.717) is 0 Å². The molecule has 0 saturated carbocycles. The van der Waals surface area contributed by atoms with Gasteiger partial charge in [-0.05, 0) is 31.7 Å². The zero-order valence-electron chi connectivity index (χ0n) is 11.4. The lowest BCUT2D eigenvalue weighted by Crippen LogP contribution is -2.18. The van der Waals surface area contributed by atoms with Gasteiger partial charge in [-0.15, -0.1) is 0 Å². The smallest absolute Gasteiger partial charge is 0.122 e. The molecule has 0 amide bonds. The molecule has 0 bridgehead atoms. The molecule has 1 fully saturated rings. The molecular formula is C14H25N3O. The fraction of sp³-hybridized carbons (Fsp3) is 0.786. The van der Waals surface area contributed by atoms with Gasteiger partial charge in [0.2, 0.25) is 0 Å². The summed E-state index contributed by atoms with van der Waals surface area (Å²) >= 11 is 0. The topological polar surface area (TPSA) is 39.1 Å². The van der Waals surface area contributed by atoms with Crippen LogP contribution in [0.3, 0.4) is 0 Å². The Bertz CT molecular complexity index is 332. The van der Waals surface area contributed by atoms with Crippen LogP contribution in [0.15, 0.2) is 12.4 Å². The molecule has 0 atom stereocenters. The van der Waals surface area contributed by atoms with Gasteiger partial charge in [0.25, 0.3) is 0 Å². The van der Waals surface area contributed by atoms with E-state index < -0.39 is 0 Å². The first-order valence-corrected chi connectivity index (χ1v) is 7.11. The molecule has 1 aromatic rings. The highest BCUT2D eigenvalue weighted by Gasteiger charge is 2.12. The van der Waals surface area contributed by atoms with E-state index in [-0.39, 0.29) is 0 Å². The number of ether oxygens (including phenoxy) is 1. The molecule has 1 aliphatic rings. The van der Waals surface area contributed by atoms with Gasteiger partial charge in [-0.1, -0.05) is 12.8 Å². The predicted octanol–water partition coefficient (Wildman–Crippen LogP) is 2.11. The van der Waals surface area contributed by atoms with Crippen LogP contribution in [0, 0.1) is 5.92 Å². The van der Waals surface area contributed by atoms with E-state index in [1.165, 1.54) is 32.1 Å². The van der Waals surface area contributed by atoms with E-state index in [9.17, 15) is 0 Å². The lowest BCUT2D eigenvalue weighted by atomic mass is 9.94. The monoisotopic (exact) mass is 251 g/mol. The summed E-state index contributed by atoms with van der Waals surface area (Å²) in [6, 6.07) is 0. The molecule has 18 heavy (non-hydrogen) atoms. The molecule has 4 heteroatoms. The van der Waals surface area contributed by atoms with Gasteiger partial charge in [-0.2, -0.15) is 0 Å². The third kappa shape index (κ3) is 4.42. The Morgan fingerprint density at radius 3 is 2.94 bits per heavy atom. The Morgan fingerprint density at radius 1 is 1.39 bits per heavy atom. The number of rotatable bonds is 7. The van der Waals surface area contributed by atoms with E-state index in [2.05, 4.69) is 14.9 Å². The summed E-state index contributed by atoms with van der Waals surface area (Å²) in [5.74, 6) is 2.02. The van der Waals surface area contributed by atoms with Crippen molar-refractivity contribution in [3.05, 3.63) is 18.2 Å². The first-order chi connectivity index (χ1) is 8.86. The molecule has 0 aromatic carbocycles. The van der Waals surface area contributed by atoms with Gasteiger partial charge in [0.15, 0.2) is 0 Å². The van der Waals surface area contributed by atoms with Crippen LogP contribution in [-0.4, -0.2) is 29.3 Å². The highest BCUT2D eigenvalue weighted by atomic mass is 16.5. The second-order valence-corrected chi connectivity index (χ2v) is 5.18. The second kappa shape index (κ2) is 7.54. The minimum atomic E-state index is 0.876. The fourth-order valence-corrected chi connectivity index (χ4v) is 2.49. The largest absolute Gasteiger partial charge is 0.381 e. The molecule has 1 saturated heterocycles. The zero-order valence-corrected chi connectivity index (χ0v) is 11.4. The van der Waals surface area contributed by atoms with Crippen LogP contribution in [0.1, 0.15) is 37.9 Å². The maximum Gasteiger partial charge on any atom is 0.122 e. The summed E-state index contributed by atoms with van der Waals surface area (Å²) in [6.45, 7) is 3.92. The van der Waals surface area contributed by atoms with E-state index >= 15 is 0 Å². The van der Waals surface area contributed by atoms with Crippen molar-refractivity contribution in [3.8, 4) is 0 Å². The van der Waals surface area contributed by atoms with E-state index in [4.69, 9.17) is 4.74 Å². The zero-order chi connectivity index (χ0) is 12.6. The summed E-state index contributed by atoms with van der Waals surface area (Å²) in [5.41, 5.74) is 0. The number of nitrogens with one attached hydrogen (secondary N) is 1. The molecule has 0 radical (unpaired) electrons. The highest BCUT2D eigenvalue weighted by Crippen LogP contribution is 2.20. The Balaban J connectivity index is 1.47. The molecule has 1 N–H and O–H groups in total. The van der Waals surface area contributed by atoms with Crippen LogP contribution in [0.2, 0.25) is 0 Å².